The van der Waals surface area contributed by atoms with Crippen molar-refractivity contribution >= 4 is 5.91 Å². The number of carbonyl (C=O) groups excluding carboxylic acids is 1. The van der Waals surface area contributed by atoms with Crippen LogP contribution in [0.1, 0.15) is 25.3 Å². The third-order valence-corrected chi connectivity index (χ3v) is 3.97. The summed E-state index contributed by atoms with van der Waals surface area (Å²) in [5, 5.41) is 3.20. The Bertz CT molecular complexity index is 497. The quantitative estimate of drug-likeness (QED) is 0.837. The third-order valence-electron chi connectivity index (χ3n) is 3.97. The minimum Gasteiger partial charge on any atom is -0.332 e. The smallest absolute Gasteiger partial charge is 0.250 e. The van der Waals surface area contributed by atoms with Gasteiger partial charge in [-0.3, -0.25) is 4.79 Å². The molecule has 19 heavy (non-hydrogen) atoms. The first kappa shape index (κ1) is 12.4. The molecule has 1 saturated carbocycles. The van der Waals surface area contributed by atoms with E-state index in [9.17, 15) is 4.79 Å². The minimum absolute atomic E-state index is 0.225. The van der Waals surface area contributed by atoms with Gasteiger partial charge < -0.3 is 10.2 Å². The second-order valence-electron chi connectivity index (χ2n) is 5.48. The first-order valence-corrected chi connectivity index (χ1v) is 7.00. The summed E-state index contributed by atoms with van der Waals surface area (Å²) in [5.41, 5.74) is 3.43. The zero-order valence-electron chi connectivity index (χ0n) is 11.4. The average molecular weight is 256 g/mol. The molecule has 0 radical (unpaired) electrons. The molecule has 1 aromatic rings. The molecule has 1 saturated heterocycles. The largest absolute Gasteiger partial charge is 0.332 e. The van der Waals surface area contributed by atoms with Crippen molar-refractivity contribution in [2.75, 3.05) is 13.1 Å². The van der Waals surface area contributed by atoms with E-state index in [-0.39, 0.29) is 5.91 Å². The van der Waals surface area contributed by atoms with Crippen LogP contribution in [0.15, 0.2) is 41.5 Å². The normalized spacial score (nSPS) is 17.8. The van der Waals surface area contributed by atoms with Crippen LogP contribution in [-0.4, -0.2) is 29.9 Å². The molecule has 1 aromatic carbocycles. The van der Waals surface area contributed by atoms with Crippen LogP contribution in [0.5, 0.6) is 0 Å². The number of amides is 1. The van der Waals surface area contributed by atoms with Crippen LogP contribution in [-0.2, 0) is 11.3 Å². The summed E-state index contributed by atoms with van der Waals surface area (Å²) in [6, 6.07) is 10.7. The summed E-state index contributed by atoms with van der Waals surface area (Å²) in [4.78, 5) is 14.7. The Kier molecular flexibility index (Phi) is 3.38. The SMILES string of the molecule is CC(C(=O)N(Cc1ccccc1)C1CC1)=C1CNC1. The molecule has 1 N–H and O–H groups in total. The number of carbonyl (C=O) groups is 1. The van der Waals surface area contributed by atoms with Gasteiger partial charge in [0.2, 0.25) is 5.91 Å². The highest BCUT2D eigenvalue weighted by Gasteiger charge is 2.33. The summed E-state index contributed by atoms with van der Waals surface area (Å²) >= 11 is 0. The van der Waals surface area contributed by atoms with Gasteiger partial charge in [0.15, 0.2) is 0 Å². The number of nitrogens with one attached hydrogen (secondary N) is 1. The van der Waals surface area contributed by atoms with E-state index in [0.29, 0.717) is 6.04 Å². The first-order valence-electron chi connectivity index (χ1n) is 7.00. The van der Waals surface area contributed by atoms with Gasteiger partial charge in [0.05, 0.1) is 0 Å². The summed E-state index contributed by atoms with van der Waals surface area (Å²) < 4.78 is 0. The molecule has 0 bridgehead atoms. The summed E-state index contributed by atoms with van der Waals surface area (Å²) in [6.45, 7) is 4.46. The van der Waals surface area contributed by atoms with Gasteiger partial charge >= 0.3 is 0 Å². The van der Waals surface area contributed by atoms with Gasteiger partial charge in [-0.1, -0.05) is 30.3 Å². The molecule has 3 nitrogen and oxygen atoms in total. The van der Waals surface area contributed by atoms with E-state index < -0.39 is 0 Å². The molecule has 1 aliphatic carbocycles. The van der Waals surface area contributed by atoms with Crippen molar-refractivity contribution in [3.63, 3.8) is 0 Å². The standard InChI is InChI=1S/C16H20N2O/c1-12(14-9-17-10-14)16(19)18(15-7-8-15)11-13-5-3-2-4-6-13/h2-6,15,17H,7-11H2,1H3. The van der Waals surface area contributed by atoms with Gasteiger partial charge in [0.1, 0.15) is 0 Å². The maximum atomic E-state index is 12.6. The van der Waals surface area contributed by atoms with E-state index in [1.165, 1.54) is 11.1 Å². The van der Waals surface area contributed by atoms with Crippen LogP contribution in [0.25, 0.3) is 0 Å². The maximum Gasteiger partial charge on any atom is 0.250 e. The van der Waals surface area contributed by atoms with Gasteiger partial charge in [-0.25, -0.2) is 0 Å². The van der Waals surface area contributed by atoms with Gasteiger partial charge in [-0.2, -0.15) is 0 Å². The van der Waals surface area contributed by atoms with Crippen LogP contribution < -0.4 is 5.32 Å². The first-order chi connectivity index (χ1) is 9.25. The fourth-order valence-electron chi connectivity index (χ4n) is 2.41. The summed E-state index contributed by atoms with van der Waals surface area (Å²) in [6.07, 6.45) is 2.30. The highest BCUT2D eigenvalue weighted by atomic mass is 16.2. The molecule has 1 amide bonds. The lowest BCUT2D eigenvalue weighted by atomic mass is 10.0. The average Bonchev–Trinajstić information content (AvgIpc) is 3.18. The number of nitrogens with zero attached hydrogens (tertiary/aromatic N) is 1. The summed E-state index contributed by atoms with van der Waals surface area (Å²) in [5.74, 6) is 0.225. The molecular weight excluding hydrogens is 236 g/mol. The van der Waals surface area contributed by atoms with Crippen molar-refractivity contribution < 1.29 is 4.79 Å². The zero-order valence-corrected chi connectivity index (χ0v) is 11.4. The van der Waals surface area contributed by atoms with E-state index in [2.05, 4.69) is 22.3 Å². The van der Waals surface area contributed by atoms with Crippen molar-refractivity contribution in [3.8, 4) is 0 Å². The molecule has 0 aromatic heterocycles. The number of hydrogen-bond acceptors (Lipinski definition) is 2. The molecule has 0 spiro atoms. The molecule has 0 atom stereocenters. The van der Waals surface area contributed by atoms with E-state index >= 15 is 0 Å². The van der Waals surface area contributed by atoms with Crippen molar-refractivity contribution in [3.05, 3.63) is 47.0 Å². The zero-order chi connectivity index (χ0) is 13.2. The van der Waals surface area contributed by atoms with Gasteiger partial charge in [0.25, 0.3) is 0 Å². The van der Waals surface area contributed by atoms with E-state index in [0.717, 1.165) is 38.0 Å². The minimum atomic E-state index is 0.225. The van der Waals surface area contributed by atoms with Crippen LogP contribution in [0.3, 0.4) is 0 Å². The number of benzene rings is 1. The molecule has 0 unspecified atom stereocenters. The van der Waals surface area contributed by atoms with Crippen LogP contribution in [0.2, 0.25) is 0 Å². The molecular formula is C16H20N2O. The topological polar surface area (TPSA) is 32.3 Å². The fraction of sp³-hybridized carbons (Fsp3) is 0.438. The highest BCUT2D eigenvalue weighted by molar-refractivity contribution is 5.94. The predicted molar refractivity (Wildman–Crippen MR) is 75.6 cm³/mol. The van der Waals surface area contributed by atoms with E-state index in [1.54, 1.807) is 0 Å². The lowest BCUT2D eigenvalue weighted by Gasteiger charge is -2.27. The lowest BCUT2D eigenvalue weighted by Crippen LogP contribution is -2.39. The van der Waals surface area contributed by atoms with Gasteiger partial charge in [-0.05, 0) is 30.9 Å². The summed E-state index contributed by atoms with van der Waals surface area (Å²) in [7, 11) is 0. The predicted octanol–water partition coefficient (Wildman–Crippen LogP) is 2.10. The molecule has 2 aliphatic rings. The maximum absolute atomic E-state index is 12.6. The molecule has 3 heteroatoms. The number of hydrogen-bond donors (Lipinski definition) is 1. The second-order valence-corrected chi connectivity index (χ2v) is 5.48. The van der Waals surface area contributed by atoms with Crippen molar-refractivity contribution in [1.82, 2.24) is 10.2 Å². The van der Waals surface area contributed by atoms with Crippen LogP contribution in [0.4, 0.5) is 0 Å². The Morgan fingerprint density at radius 2 is 1.95 bits per heavy atom. The molecule has 2 fully saturated rings. The van der Waals surface area contributed by atoms with Crippen molar-refractivity contribution in [2.45, 2.75) is 32.4 Å². The Morgan fingerprint density at radius 3 is 2.47 bits per heavy atom. The molecule has 1 aliphatic heterocycles. The Morgan fingerprint density at radius 1 is 1.26 bits per heavy atom. The monoisotopic (exact) mass is 256 g/mol. The second kappa shape index (κ2) is 5.17. The van der Waals surface area contributed by atoms with Crippen LogP contribution >= 0.6 is 0 Å². The molecule has 1 heterocycles. The van der Waals surface area contributed by atoms with Gasteiger partial charge in [0, 0.05) is 31.2 Å². The van der Waals surface area contributed by atoms with E-state index in [4.69, 9.17) is 0 Å². The van der Waals surface area contributed by atoms with E-state index in [1.807, 2.05) is 25.1 Å². The Balaban J connectivity index is 1.76. The van der Waals surface area contributed by atoms with Crippen molar-refractivity contribution in [2.24, 2.45) is 0 Å². The van der Waals surface area contributed by atoms with Crippen LogP contribution in [0, 0.1) is 0 Å². The fourth-order valence-corrected chi connectivity index (χ4v) is 2.41. The van der Waals surface area contributed by atoms with Gasteiger partial charge in [-0.15, -0.1) is 0 Å². The number of rotatable bonds is 4. The molecule has 100 valence electrons. The Hall–Kier alpha value is -1.61. The van der Waals surface area contributed by atoms with Crippen molar-refractivity contribution in [1.29, 1.82) is 0 Å². The highest BCUT2D eigenvalue weighted by Crippen LogP contribution is 2.30. The Labute approximate surface area is 114 Å². The third kappa shape index (κ3) is 2.71. The molecule has 3 rings (SSSR count). The lowest BCUT2D eigenvalue weighted by molar-refractivity contribution is -0.128.